The molecule has 100 valence electrons. The van der Waals surface area contributed by atoms with E-state index in [4.69, 9.17) is 14.6 Å². The topological polar surface area (TPSA) is 59.0 Å². The highest BCUT2D eigenvalue weighted by molar-refractivity contribution is 5.67. The van der Waals surface area contributed by atoms with Gasteiger partial charge in [-0.1, -0.05) is 17.7 Å². The van der Waals surface area contributed by atoms with E-state index in [1.54, 1.807) is 7.05 Å². The van der Waals surface area contributed by atoms with Crippen molar-refractivity contribution in [3.05, 3.63) is 29.8 Å². The van der Waals surface area contributed by atoms with Gasteiger partial charge in [-0.25, -0.2) is 4.79 Å². The Morgan fingerprint density at radius 2 is 1.94 bits per heavy atom. The number of hydrogen-bond acceptors (Lipinski definition) is 4. The van der Waals surface area contributed by atoms with Gasteiger partial charge >= 0.3 is 6.09 Å². The number of nitrogens with zero attached hydrogens (tertiary/aromatic N) is 1. The summed E-state index contributed by atoms with van der Waals surface area (Å²) in [5.41, 5.74) is 1.17. The lowest BCUT2D eigenvalue weighted by Crippen LogP contribution is -2.32. The highest BCUT2D eigenvalue weighted by atomic mass is 16.6. The van der Waals surface area contributed by atoms with Crippen LogP contribution in [-0.4, -0.2) is 49.5 Å². The highest BCUT2D eigenvalue weighted by Gasteiger charge is 2.09. The Kier molecular flexibility index (Phi) is 6.00. The van der Waals surface area contributed by atoms with Crippen LogP contribution in [0.2, 0.25) is 0 Å². The van der Waals surface area contributed by atoms with Crippen molar-refractivity contribution in [2.45, 2.75) is 6.92 Å². The average molecular weight is 253 g/mol. The van der Waals surface area contributed by atoms with E-state index in [1.165, 1.54) is 10.5 Å². The van der Waals surface area contributed by atoms with Crippen LogP contribution in [0.1, 0.15) is 5.56 Å². The summed E-state index contributed by atoms with van der Waals surface area (Å²) in [5.74, 6) is 0.776. The van der Waals surface area contributed by atoms with Gasteiger partial charge in [0.1, 0.15) is 19.0 Å². The van der Waals surface area contributed by atoms with Gasteiger partial charge < -0.3 is 19.5 Å². The molecular formula is C13H19NO4. The number of aliphatic hydroxyl groups excluding tert-OH is 1. The Bertz CT molecular complexity index is 364. The summed E-state index contributed by atoms with van der Waals surface area (Å²) in [5, 5.41) is 8.52. The summed E-state index contributed by atoms with van der Waals surface area (Å²) in [6, 6.07) is 7.71. The fourth-order valence-electron chi connectivity index (χ4n) is 1.27. The van der Waals surface area contributed by atoms with E-state index in [1.807, 2.05) is 31.2 Å². The van der Waals surface area contributed by atoms with Crippen molar-refractivity contribution in [3.63, 3.8) is 0 Å². The van der Waals surface area contributed by atoms with Crippen molar-refractivity contribution in [3.8, 4) is 5.75 Å². The smallest absolute Gasteiger partial charge is 0.409 e. The first kappa shape index (κ1) is 14.3. The third-order valence-electron chi connectivity index (χ3n) is 2.34. The van der Waals surface area contributed by atoms with E-state index in [2.05, 4.69) is 0 Å². The Balaban J connectivity index is 2.24. The third kappa shape index (κ3) is 5.05. The second kappa shape index (κ2) is 7.55. The lowest BCUT2D eigenvalue weighted by Gasteiger charge is -2.16. The van der Waals surface area contributed by atoms with Gasteiger partial charge in [0.25, 0.3) is 0 Å². The number of benzene rings is 1. The minimum absolute atomic E-state index is 0.0159. The number of amides is 1. The molecule has 1 amide bonds. The number of carbonyl (C=O) groups is 1. The van der Waals surface area contributed by atoms with Crippen LogP contribution in [0.25, 0.3) is 0 Å². The molecule has 0 saturated carbocycles. The summed E-state index contributed by atoms with van der Waals surface area (Å²) in [6.45, 7) is 2.68. The first-order valence-electron chi connectivity index (χ1n) is 5.81. The second-order valence-electron chi connectivity index (χ2n) is 3.92. The first-order valence-corrected chi connectivity index (χ1v) is 5.81. The molecule has 1 aromatic carbocycles. The summed E-state index contributed by atoms with van der Waals surface area (Å²) in [7, 11) is 1.62. The predicted molar refractivity (Wildman–Crippen MR) is 67.7 cm³/mol. The Hall–Kier alpha value is -1.75. The maximum atomic E-state index is 11.3. The van der Waals surface area contributed by atoms with E-state index in [0.717, 1.165) is 5.75 Å². The molecule has 0 bridgehead atoms. The number of hydrogen-bond donors (Lipinski definition) is 1. The lowest BCUT2D eigenvalue weighted by molar-refractivity contribution is 0.0872. The van der Waals surface area contributed by atoms with E-state index in [-0.39, 0.29) is 13.2 Å². The van der Waals surface area contributed by atoms with Gasteiger partial charge in [-0.15, -0.1) is 0 Å². The van der Waals surface area contributed by atoms with Gasteiger partial charge in [0.05, 0.1) is 13.2 Å². The van der Waals surface area contributed by atoms with Crippen LogP contribution in [0, 0.1) is 6.92 Å². The van der Waals surface area contributed by atoms with Crippen LogP contribution in [-0.2, 0) is 4.74 Å². The standard InChI is InChI=1S/C13H19NO4/c1-11-3-5-12(6-4-11)17-9-7-14(2)13(16)18-10-8-15/h3-6,15H,7-10H2,1-2H3. The predicted octanol–water partition coefficient (Wildman–Crippen LogP) is 1.43. The molecule has 0 spiro atoms. The molecule has 0 saturated heterocycles. The van der Waals surface area contributed by atoms with Crippen LogP contribution in [0.3, 0.4) is 0 Å². The summed E-state index contributed by atoms with van der Waals surface area (Å²) in [4.78, 5) is 12.7. The van der Waals surface area contributed by atoms with Gasteiger partial charge in [-0.3, -0.25) is 0 Å². The average Bonchev–Trinajstić information content (AvgIpc) is 2.38. The second-order valence-corrected chi connectivity index (χ2v) is 3.92. The fourth-order valence-corrected chi connectivity index (χ4v) is 1.27. The van der Waals surface area contributed by atoms with Crippen molar-refractivity contribution in [2.75, 3.05) is 33.4 Å². The quantitative estimate of drug-likeness (QED) is 0.833. The summed E-state index contributed by atoms with van der Waals surface area (Å²) in [6.07, 6.45) is -0.462. The zero-order chi connectivity index (χ0) is 13.4. The molecular weight excluding hydrogens is 234 g/mol. The number of aliphatic hydroxyl groups is 1. The molecule has 0 radical (unpaired) electrons. The normalized spacial score (nSPS) is 9.94. The van der Waals surface area contributed by atoms with Gasteiger partial charge in [-0.2, -0.15) is 0 Å². The van der Waals surface area contributed by atoms with E-state index < -0.39 is 6.09 Å². The molecule has 1 aromatic rings. The van der Waals surface area contributed by atoms with Crippen molar-refractivity contribution in [1.29, 1.82) is 0 Å². The minimum Gasteiger partial charge on any atom is -0.492 e. The molecule has 0 unspecified atom stereocenters. The molecule has 0 aliphatic heterocycles. The molecule has 0 aliphatic carbocycles. The van der Waals surface area contributed by atoms with E-state index in [0.29, 0.717) is 13.2 Å². The van der Waals surface area contributed by atoms with Gasteiger partial charge in [-0.05, 0) is 19.1 Å². The Morgan fingerprint density at radius 3 is 2.56 bits per heavy atom. The zero-order valence-electron chi connectivity index (χ0n) is 10.8. The van der Waals surface area contributed by atoms with Crippen LogP contribution < -0.4 is 4.74 Å². The Labute approximate surface area is 107 Å². The SMILES string of the molecule is Cc1ccc(OCCN(C)C(=O)OCCO)cc1. The van der Waals surface area contributed by atoms with Crippen molar-refractivity contribution in [2.24, 2.45) is 0 Å². The largest absolute Gasteiger partial charge is 0.492 e. The number of ether oxygens (including phenoxy) is 2. The van der Waals surface area contributed by atoms with Gasteiger partial charge in [0, 0.05) is 7.05 Å². The fraction of sp³-hybridized carbons (Fsp3) is 0.462. The zero-order valence-corrected chi connectivity index (χ0v) is 10.8. The van der Waals surface area contributed by atoms with Gasteiger partial charge in [0.2, 0.25) is 0 Å². The monoisotopic (exact) mass is 253 g/mol. The molecule has 0 aliphatic rings. The number of carbonyl (C=O) groups excluding carboxylic acids is 1. The molecule has 0 fully saturated rings. The molecule has 0 heterocycles. The minimum atomic E-state index is -0.462. The maximum absolute atomic E-state index is 11.3. The molecule has 0 aromatic heterocycles. The molecule has 5 heteroatoms. The molecule has 0 atom stereocenters. The first-order chi connectivity index (χ1) is 8.63. The van der Waals surface area contributed by atoms with Crippen molar-refractivity contribution >= 4 is 6.09 Å². The van der Waals surface area contributed by atoms with Crippen LogP contribution in [0.5, 0.6) is 5.75 Å². The third-order valence-corrected chi connectivity index (χ3v) is 2.34. The summed E-state index contributed by atoms with van der Waals surface area (Å²) < 4.78 is 10.2. The maximum Gasteiger partial charge on any atom is 0.409 e. The summed E-state index contributed by atoms with van der Waals surface area (Å²) >= 11 is 0. The molecule has 18 heavy (non-hydrogen) atoms. The molecule has 5 nitrogen and oxygen atoms in total. The molecule has 1 N–H and O–H groups in total. The van der Waals surface area contributed by atoms with E-state index in [9.17, 15) is 4.79 Å². The van der Waals surface area contributed by atoms with Crippen molar-refractivity contribution < 1.29 is 19.4 Å². The number of likely N-dealkylation sites (N-methyl/N-ethyl adjacent to an activating group) is 1. The van der Waals surface area contributed by atoms with Crippen molar-refractivity contribution in [1.82, 2.24) is 4.90 Å². The van der Waals surface area contributed by atoms with Crippen LogP contribution >= 0.6 is 0 Å². The molecule has 1 rings (SSSR count). The van der Waals surface area contributed by atoms with Gasteiger partial charge in [0.15, 0.2) is 0 Å². The van der Waals surface area contributed by atoms with Crippen LogP contribution in [0.4, 0.5) is 4.79 Å². The number of aryl methyl sites for hydroxylation is 1. The highest BCUT2D eigenvalue weighted by Crippen LogP contribution is 2.11. The number of rotatable bonds is 6. The van der Waals surface area contributed by atoms with Crippen LogP contribution in [0.15, 0.2) is 24.3 Å². The lowest BCUT2D eigenvalue weighted by atomic mass is 10.2. The van der Waals surface area contributed by atoms with E-state index >= 15 is 0 Å². The Morgan fingerprint density at radius 1 is 1.28 bits per heavy atom.